The first kappa shape index (κ1) is 29.1. The maximum atomic E-state index is 15.7. The van der Waals surface area contributed by atoms with Crippen LogP contribution in [-0.4, -0.2) is 79.5 Å². The molecule has 2 atom stereocenters. The maximum absolute atomic E-state index is 15.7. The lowest BCUT2D eigenvalue weighted by Crippen LogP contribution is -2.39. The predicted molar refractivity (Wildman–Crippen MR) is 168 cm³/mol. The molecular formula is C32H33FN8O3S. The Morgan fingerprint density at radius 3 is 2.62 bits per heavy atom. The van der Waals surface area contributed by atoms with Gasteiger partial charge in [-0.1, -0.05) is 31.2 Å². The highest BCUT2D eigenvalue weighted by atomic mass is 32.2. The molecule has 0 aliphatic carbocycles. The molecule has 1 fully saturated rings. The van der Waals surface area contributed by atoms with Crippen molar-refractivity contribution < 1.29 is 17.6 Å². The first-order chi connectivity index (χ1) is 21.6. The van der Waals surface area contributed by atoms with Gasteiger partial charge < -0.3 is 9.80 Å². The molecule has 2 aromatic carbocycles. The number of hydrogen-bond acceptors (Lipinski definition) is 8. The molecule has 5 aromatic rings. The van der Waals surface area contributed by atoms with Crippen LogP contribution in [0.15, 0.2) is 60.8 Å². The van der Waals surface area contributed by atoms with E-state index in [1.54, 1.807) is 48.9 Å². The van der Waals surface area contributed by atoms with E-state index in [2.05, 4.69) is 27.4 Å². The molecule has 45 heavy (non-hydrogen) atoms. The Hall–Kier alpha value is -4.65. The van der Waals surface area contributed by atoms with Crippen molar-refractivity contribution >= 4 is 27.1 Å². The number of hydrogen-bond donors (Lipinski definition) is 0. The lowest BCUT2D eigenvalue weighted by Gasteiger charge is -2.35. The summed E-state index contributed by atoms with van der Waals surface area (Å²) >= 11 is 0. The SMILES string of the molecule is CCS(=O)(=O)[C@H]1CCN(c2ccc(-c3cc4nc(C(=O)N5CCc6ccccc6[C@H]5C)cc(-c5cnn(C)n5)n4n3)c(F)c2)C1. The van der Waals surface area contributed by atoms with Crippen LogP contribution < -0.4 is 4.90 Å². The second kappa shape index (κ2) is 11.1. The van der Waals surface area contributed by atoms with Crippen LogP contribution in [0.25, 0.3) is 28.3 Å². The van der Waals surface area contributed by atoms with Gasteiger partial charge in [0.25, 0.3) is 5.91 Å². The van der Waals surface area contributed by atoms with Gasteiger partial charge in [-0.25, -0.2) is 22.3 Å². The third-order valence-electron chi connectivity index (χ3n) is 9.01. The molecule has 5 heterocycles. The van der Waals surface area contributed by atoms with Gasteiger partial charge in [0.1, 0.15) is 17.2 Å². The summed E-state index contributed by atoms with van der Waals surface area (Å²) < 4.78 is 42.0. The highest BCUT2D eigenvalue weighted by Gasteiger charge is 2.33. The van der Waals surface area contributed by atoms with Crippen molar-refractivity contribution in [1.82, 2.24) is 34.5 Å². The summed E-state index contributed by atoms with van der Waals surface area (Å²) in [7, 11) is -1.47. The fraction of sp³-hybridized carbons (Fsp3) is 0.344. The Bertz CT molecular complexity index is 2060. The first-order valence-electron chi connectivity index (χ1n) is 15.1. The lowest BCUT2D eigenvalue weighted by atomic mass is 9.93. The largest absolute Gasteiger partial charge is 0.370 e. The summed E-state index contributed by atoms with van der Waals surface area (Å²) in [4.78, 5) is 23.8. The average Bonchev–Trinajstić information content (AvgIpc) is 3.81. The van der Waals surface area contributed by atoms with E-state index in [1.807, 2.05) is 28.9 Å². The number of anilines is 1. The lowest BCUT2D eigenvalue weighted by molar-refractivity contribution is 0.0672. The molecular weight excluding hydrogens is 595 g/mol. The van der Waals surface area contributed by atoms with Crippen molar-refractivity contribution in [1.29, 1.82) is 0 Å². The number of nitrogens with zero attached hydrogens (tertiary/aromatic N) is 8. The Morgan fingerprint density at radius 1 is 1.04 bits per heavy atom. The Labute approximate surface area is 260 Å². The molecule has 0 bridgehead atoms. The smallest absolute Gasteiger partial charge is 0.273 e. The Morgan fingerprint density at radius 2 is 1.87 bits per heavy atom. The quantitative estimate of drug-likeness (QED) is 0.276. The number of benzene rings is 2. The molecule has 0 spiro atoms. The van der Waals surface area contributed by atoms with E-state index in [1.165, 1.54) is 16.4 Å². The van der Waals surface area contributed by atoms with Gasteiger partial charge in [0.2, 0.25) is 0 Å². The summed E-state index contributed by atoms with van der Waals surface area (Å²) in [5.41, 5.74) is 5.19. The van der Waals surface area contributed by atoms with Gasteiger partial charge in [-0.05, 0) is 55.2 Å². The molecule has 1 saturated heterocycles. The molecule has 0 radical (unpaired) electrons. The van der Waals surface area contributed by atoms with Gasteiger partial charge in [-0.3, -0.25) is 4.79 Å². The van der Waals surface area contributed by atoms with Crippen molar-refractivity contribution in [3.63, 3.8) is 0 Å². The zero-order valence-electron chi connectivity index (χ0n) is 25.3. The third-order valence-corrected chi connectivity index (χ3v) is 11.2. The van der Waals surface area contributed by atoms with E-state index in [0.717, 1.165) is 12.0 Å². The fourth-order valence-electron chi connectivity index (χ4n) is 6.46. The number of carbonyl (C=O) groups excluding carboxylic acids is 1. The minimum Gasteiger partial charge on any atom is -0.370 e. The fourth-order valence-corrected chi connectivity index (χ4v) is 7.80. The molecule has 2 aliphatic heterocycles. The van der Waals surface area contributed by atoms with Crippen LogP contribution in [-0.2, 0) is 23.3 Å². The molecule has 13 heteroatoms. The predicted octanol–water partition coefficient (Wildman–Crippen LogP) is 4.10. The summed E-state index contributed by atoms with van der Waals surface area (Å²) in [6.45, 7) is 5.12. The highest BCUT2D eigenvalue weighted by Crippen LogP contribution is 2.33. The van der Waals surface area contributed by atoms with Gasteiger partial charge in [-0.15, -0.1) is 0 Å². The molecule has 11 nitrogen and oxygen atoms in total. The van der Waals surface area contributed by atoms with Gasteiger partial charge in [0, 0.05) is 49.8 Å². The van der Waals surface area contributed by atoms with Crippen LogP contribution in [0.3, 0.4) is 0 Å². The summed E-state index contributed by atoms with van der Waals surface area (Å²) in [6.07, 6.45) is 2.86. The van der Waals surface area contributed by atoms with E-state index < -0.39 is 20.9 Å². The van der Waals surface area contributed by atoms with Crippen LogP contribution in [0, 0.1) is 5.82 Å². The van der Waals surface area contributed by atoms with Crippen molar-refractivity contribution in [2.24, 2.45) is 7.05 Å². The normalized spacial score (nSPS) is 18.5. The van der Waals surface area contributed by atoms with Gasteiger partial charge >= 0.3 is 0 Å². The zero-order chi connectivity index (χ0) is 31.5. The van der Waals surface area contributed by atoms with Crippen LogP contribution in [0.5, 0.6) is 0 Å². The molecule has 2 aliphatic rings. The monoisotopic (exact) mass is 628 g/mol. The van der Waals surface area contributed by atoms with Crippen molar-refractivity contribution in [3.8, 4) is 22.6 Å². The van der Waals surface area contributed by atoms with Crippen molar-refractivity contribution in [3.05, 3.63) is 83.4 Å². The number of amides is 1. The summed E-state index contributed by atoms with van der Waals surface area (Å²) in [5, 5.41) is 12.9. The summed E-state index contributed by atoms with van der Waals surface area (Å²) in [6, 6.07) is 16.2. The van der Waals surface area contributed by atoms with Gasteiger partial charge in [-0.2, -0.15) is 20.1 Å². The van der Waals surface area contributed by atoms with Crippen LogP contribution in [0.2, 0.25) is 0 Å². The number of fused-ring (bicyclic) bond motifs is 2. The average molecular weight is 629 g/mol. The van der Waals surface area contributed by atoms with Crippen molar-refractivity contribution in [2.75, 3.05) is 30.3 Å². The number of aromatic nitrogens is 6. The number of halogens is 1. The minimum atomic E-state index is -3.17. The highest BCUT2D eigenvalue weighted by molar-refractivity contribution is 7.92. The third kappa shape index (κ3) is 5.14. The molecule has 232 valence electrons. The minimum absolute atomic E-state index is 0.0929. The van der Waals surface area contributed by atoms with Crippen molar-refractivity contribution in [2.45, 2.75) is 38.0 Å². The Balaban J connectivity index is 1.24. The van der Waals surface area contributed by atoms with Crippen LogP contribution >= 0.6 is 0 Å². The van der Waals surface area contributed by atoms with Crippen LogP contribution in [0.1, 0.15) is 47.9 Å². The van der Waals surface area contributed by atoms with E-state index in [4.69, 9.17) is 4.98 Å². The second-order valence-corrected chi connectivity index (χ2v) is 14.2. The van der Waals surface area contributed by atoms with E-state index in [9.17, 15) is 13.2 Å². The first-order valence-corrected chi connectivity index (χ1v) is 16.8. The van der Waals surface area contributed by atoms with Gasteiger partial charge in [0.15, 0.2) is 15.5 Å². The maximum Gasteiger partial charge on any atom is 0.273 e. The second-order valence-electron chi connectivity index (χ2n) is 11.6. The van der Waals surface area contributed by atoms with E-state index in [0.29, 0.717) is 54.5 Å². The van der Waals surface area contributed by atoms with E-state index >= 15 is 4.39 Å². The molecule has 0 N–H and O–H groups in total. The molecule has 0 saturated carbocycles. The van der Waals surface area contributed by atoms with Gasteiger partial charge in [0.05, 0.1) is 28.9 Å². The number of sulfone groups is 1. The van der Waals surface area contributed by atoms with Crippen LogP contribution in [0.4, 0.5) is 10.1 Å². The van der Waals surface area contributed by atoms with E-state index in [-0.39, 0.29) is 29.0 Å². The zero-order valence-corrected chi connectivity index (χ0v) is 26.1. The Kier molecular flexibility index (Phi) is 7.15. The topological polar surface area (TPSA) is 119 Å². The number of carbonyl (C=O) groups is 1. The molecule has 3 aromatic heterocycles. The molecule has 1 amide bonds. The summed E-state index contributed by atoms with van der Waals surface area (Å²) in [5.74, 6) is -0.608. The molecule has 0 unspecified atom stereocenters. The standard InChI is InChI=1S/C32H33FN8O3S/c1-4-45(43,44)23-12-13-39(19-23)22-9-10-25(26(33)15-22)27-17-31-35-28(16-30(41(31)37-27)29-18-34-38(3)36-29)32(42)40-14-11-21-7-5-6-8-24(21)20(40)2/h5-10,15-18,20,23H,4,11-14,19H2,1-3H3/t20-,23+/m1/s1. The number of aryl methyl sites for hydroxylation is 1. The molecule has 7 rings (SSSR count). The number of rotatable bonds is 6.